The van der Waals surface area contributed by atoms with Crippen molar-refractivity contribution in [2.75, 3.05) is 11.9 Å². The number of aromatic amines is 1. The van der Waals surface area contributed by atoms with Gasteiger partial charge < -0.3 is 20.4 Å². The quantitative estimate of drug-likeness (QED) is 0.523. The third kappa shape index (κ3) is 5.36. The standard InChI is InChI=1S/C22H25N3O3/c1-15(2)28-18-9-7-17(8-10-18)25-22(27)13-21(26)23-12-11-16-14-24-20-6-4-3-5-19(16)20/h3-10,14-15,24H,11-13H2,1-2H3,(H,23,26)(H,25,27). The van der Waals surface area contributed by atoms with Gasteiger partial charge in [0.25, 0.3) is 0 Å². The number of rotatable bonds is 8. The molecule has 1 aromatic heterocycles. The summed E-state index contributed by atoms with van der Waals surface area (Å²) in [4.78, 5) is 27.3. The first-order valence-electron chi connectivity index (χ1n) is 9.39. The van der Waals surface area contributed by atoms with Gasteiger partial charge in [-0.1, -0.05) is 18.2 Å². The fourth-order valence-corrected chi connectivity index (χ4v) is 2.98. The number of para-hydroxylation sites is 1. The van der Waals surface area contributed by atoms with E-state index in [0.717, 1.165) is 22.2 Å². The summed E-state index contributed by atoms with van der Waals surface area (Å²) in [5.74, 6) is 0.0993. The Morgan fingerprint density at radius 3 is 2.54 bits per heavy atom. The summed E-state index contributed by atoms with van der Waals surface area (Å²) in [7, 11) is 0. The fourth-order valence-electron chi connectivity index (χ4n) is 2.98. The van der Waals surface area contributed by atoms with Crippen molar-refractivity contribution in [3.8, 4) is 5.75 Å². The molecule has 6 nitrogen and oxygen atoms in total. The lowest BCUT2D eigenvalue weighted by atomic mass is 10.1. The van der Waals surface area contributed by atoms with Crippen molar-refractivity contribution in [2.45, 2.75) is 32.8 Å². The maximum Gasteiger partial charge on any atom is 0.233 e. The lowest BCUT2D eigenvalue weighted by molar-refractivity contribution is -0.126. The Morgan fingerprint density at radius 2 is 1.79 bits per heavy atom. The molecule has 0 atom stereocenters. The molecule has 0 aliphatic rings. The van der Waals surface area contributed by atoms with Crippen LogP contribution in [0.5, 0.6) is 5.75 Å². The van der Waals surface area contributed by atoms with E-state index in [4.69, 9.17) is 4.74 Å². The molecule has 2 aromatic carbocycles. The van der Waals surface area contributed by atoms with Gasteiger partial charge in [-0.25, -0.2) is 0 Å². The molecular weight excluding hydrogens is 354 g/mol. The van der Waals surface area contributed by atoms with Gasteiger partial charge in [0.1, 0.15) is 12.2 Å². The van der Waals surface area contributed by atoms with E-state index in [-0.39, 0.29) is 24.3 Å². The predicted molar refractivity (Wildman–Crippen MR) is 110 cm³/mol. The normalized spacial score (nSPS) is 10.8. The van der Waals surface area contributed by atoms with Crippen molar-refractivity contribution in [3.63, 3.8) is 0 Å². The third-order valence-electron chi connectivity index (χ3n) is 4.22. The Bertz CT molecular complexity index is 945. The van der Waals surface area contributed by atoms with E-state index in [1.54, 1.807) is 24.3 Å². The molecule has 0 aliphatic heterocycles. The van der Waals surface area contributed by atoms with Crippen LogP contribution < -0.4 is 15.4 Å². The van der Waals surface area contributed by atoms with E-state index >= 15 is 0 Å². The number of hydrogen-bond acceptors (Lipinski definition) is 3. The van der Waals surface area contributed by atoms with Crippen LogP contribution in [-0.4, -0.2) is 29.4 Å². The highest BCUT2D eigenvalue weighted by Gasteiger charge is 2.10. The summed E-state index contributed by atoms with van der Waals surface area (Å²) < 4.78 is 5.56. The minimum atomic E-state index is -0.345. The van der Waals surface area contributed by atoms with Crippen molar-refractivity contribution in [1.82, 2.24) is 10.3 Å². The van der Waals surface area contributed by atoms with Crippen LogP contribution in [0.25, 0.3) is 10.9 Å². The first-order valence-corrected chi connectivity index (χ1v) is 9.39. The number of H-pyrrole nitrogens is 1. The maximum absolute atomic E-state index is 12.0. The molecule has 0 fully saturated rings. The average molecular weight is 379 g/mol. The monoisotopic (exact) mass is 379 g/mol. The summed E-state index contributed by atoms with van der Waals surface area (Å²) in [6.45, 7) is 4.38. The number of benzene rings is 2. The van der Waals surface area contributed by atoms with Gasteiger partial charge in [0, 0.05) is 29.3 Å². The Kier molecular flexibility index (Phi) is 6.32. The van der Waals surface area contributed by atoms with Crippen molar-refractivity contribution in [2.24, 2.45) is 0 Å². The number of ether oxygens (including phenoxy) is 1. The van der Waals surface area contributed by atoms with Gasteiger partial charge in [0.2, 0.25) is 11.8 Å². The molecule has 0 saturated carbocycles. The van der Waals surface area contributed by atoms with Crippen molar-refractivity contribution in [3.05, 3.63) is 60.3 Å². The Hall–Kier alpha value is -3.28. The molecular formula is C22H25N3O3. The molecule has 6 heteroatoms. The number of fused-ring (bicyclic) bond motifs is 1. The second kappa shape index (κ2) is 9.08. The lowest BCUT2D eigenvalue weighted by Crippen LogP contribution is -2.29. The molecule has 2 amide bonds. The van der Waals surface area contributed by atoms with Crippen LogP contribution >= 0.6 is 0 Å². The first-order chi connectivity index (χ1) is 13.5. The van der Waals surface area contributed by atoms with Crippen molar-refractivity contribution in [1.29, 1.82) is 0 Å². The maximum atomic E-state index is 12.0. The van der Waals surface area contributed by atoms with Gasteiger partial charge in [-0.05, 0) is 56.2 Å². The van der Waals surface area contributed by atoms with Crippen LogP contribution in [0.3, 0.4) is 0 Å². The largest absolute Gasteiger partial charge is 0.491 e. The summed E-state index contributed by atoms with van der Waals surface area (Å²) >= 11 is 0. The van der Waals surface area contributed by atoms with Crippen LogP contribution in [0.4, 0.5) is 5.69 Å². The fraction of sp³-hybridized carbons (Fsp3) is 0.273. The third-order valence-corrected chi connectivity index (χ3v) is 4.22. The number of hydrogen-bond donors (Lipinski definition) is 3. The number of carbonyl (C=O) groups excluding carboxylic acids is 2. The van der Waals surface area contributed by atoms with Gasteiger partial charge in [-0.2, -0.15) is 0 Å². The van der Waals surface area contributed by atoms with Crippen LogP contribution in [0, 0.1) is 0 Å². The molecule has 28 heavy (non-hydrogen) atoms. The van der Waals surface area contributed by atoms with Crippen LogP contribution in [0.1, 0.15) is 25.8 Å². The van der Waals surface area contributed by atoms with Crippen LogP contribution in [0.2, 0.25) is 0 Å². The highest BCUT2D eigenvalue weighted by Crippen LogP contribution is 2.18. The number of amides is 2. The number of carbonyl (C=O) groups is 2. The number of nitrogens with one attached hydrogen (secondary N) is 3. The zero-order valence-electron chi connectivity index (χ0n) is 16.1. The second-order valence-corrected chi connectivity index (χ2v) is 6.88. The van der Waals surface area contributed by atoms with E-state index in [2.05, 4.69) is 15.6 Å². The van der Waals surface area contributed by atoms with Crippen LogP contribution in [-0.2, 0) is 16.0 Å². The van der Waals surface area contributed by atoms with Crippen molar-refractivity contribution < 1.29 is 14.3 Å². The van der Waals surface area contributed by atoms with Gasteiger partial charge >= 0.3 is 0 Å². The van der Waals surface area contributed by atoms with E-state index < -0.39 is 0 Å². The summed E-state index contributed by atoms with van der Waals surface area (Å²) in [5.41, 5.74) is 2.85. The molecule has 146 valence electrons. The topological polar surface area (TPSA) is 83.2 Å². The Morgan fingerprint density at radius 1 is 1.04 bits per heavy atom. The molecule has 3 rings (SSSR count). The Labute approximate surface area is 164 Å². The molecule has 3 aromatic rings. The van der Waals surface area contributed by atoms with Gasteiger partial charge in [0.15, 0.2) is 0 Å². The zero-order valence-corrected chi connectivity index (χ0v) is 16.1. The highest BCUT2D eigenvalue weighted by atomic mass is 16.5. The highest BCUT2D eigenvalue weighted by molar-refractivity contribution is 6.03. The SMILES string of the molecule is CC(C)Oc1ccc(NC(=O)CC(=O)NCCc2c[nH]c3ccccc23)cc1. The minimum absolute atomic E-state index is 0.0911. The molecule has 0 spiro atoms. The Balaban J connectivity index is 1.42. The van der Waals surface area contributed by atoms with E-state index in [0.29, 0.717) is 18.7 Å². The van der Waals surface area contributed by atoms with Gasteiger partial charge in [-0.15, -0.1) is 0 Å². The molecule has 0 radical (unpaired) electrons. The summed E-state index contributed by atoms with van der Waals surface area (Å²) in [6, 6.07) is 15.1. The average Bonchev–Trinajstić information content (AvgIpc) is 3.06. The summed E-state index contributed by atoms with van der Waals surface area (Å²) in [6.07, 6.45) is 2.54. The number of aromatic nitrogens is 1. The molecule has 0 bridgehead atoms. The first kappa shape index (κ1) is 19.5. The zero-order chi connectivity index (χ0) is 19.9. The molecule has 0 aliphatic carbocycles. The predicted octanol–water partition coefficient (Wildman–Crippen LogP) is 3.64. The molecule has 3 N–H and O–H groups in total. The van der Waals surface area contributed by atoms with E-state index in [1.807, 2.05) is 44.3 Å². The van der Waals surface area contributed by atoms with E-state index in [1.165, 1.54) is 0 Å². The molecule has 1 heterocycles. The summed E-state index contributed by atoms with van der Waals surface area (Å²) in [5, 5.41) is 6.67. The molecule has 0 unspecified atom stereocenters. The van der Waals surface area contributed by atoms with E-state index in [9.17, 15) is 9.59 Å². The van der Waals surface area contributed by atoms with Crippen LogP contribution in [0.15, 0.2) is 54.7 Å². The minimum Gasteiger partial charge on any atom is -0.491 e. The van der Waals surface area contributed by atoms with Gasteiger partial charge in [0.05, 0.1) is 6.10 Å². The van der Waals surface area contributed by atoms with Crippen molar-refractivity contribution >= 4 is 28.4 Å². The molecule has 0 saturated heterocycles. The number of anilines is 1. The second-order valence-electron chi connectivity index (χ2n) is 6.88. The lowest BCUT2D eigenvalue weighted by Gasteiger charge is -2.10. The smallest absolute Gasteiger partial charge is 0.233 e. The van der Waals surface area contributed by atoms with Gasteiger partial charge in [-0.3, -0.25) is 9.59 Å².